The lowest BCUT2D eigenvalue weighted by atomic mass is 10.1. The number of anilines is 2. The van der Waals surface area contributed by atoms with Gasteiger partial charge in [-0.15, -0.1) is 0 Å². The maximum atomic E-state index is 14.2. The van der Waals surface area contributed by atoms with Gasteiger partial charge in [0.1, 0.15) is 5.82 Å². The van der Waals surface area contributed by atoms with Gasteiger partial charge in [0.25, 0.3) is 5.91 Å². The van der Waals surface area contributed by atoms with Crippen molar-refractivity contribution in [2.24, 2.45) is 0 Å². The number of para-hydroxylation sites is 1. The summed E-state index contributed by atoms with van der Waals surface area (Å²) in [5.41, 5.74) is 2.66. The van der Waals surface area contributed by atoms with Crippen LogP contribution in [-0.4, -0.2) is 33.9 Å². The van der Waals surface area contributed by atoms with Gasteiger partial charge in [0.2, 0.25) is 0 Å². The van der Waals surface area contributed by atoms with Crippen molar-refractivity contribution in [1.82, 2.24) is 14.9 Å². The molecule has 0 radical (unpaired) electrons. The number of carbonyl (C=O) groups excluding carboxylic acids is 1. The fraction of sp³-hybridized carbons (Fsp3) is 0.250. The smallest absolute Gasteiger partial charge is 0.257 e. The van der Waals surface area contributed by atoms with Crippen LogP contribution in [0.3, 0.4) is 0 Å². The third-order valence-corrected chi connectivity index (χ3v) is 4.63. The van der Waals surface area contributed by atoms with E-state index in [9.17, 15) is 9.18 Å². The first-order chi connectivity index (χ1) is 12.6. The van der Waals surface area contributed by atoms with Gasteiger partial charge < -0.3 is 10.2 Å². The second kappa shape index (κ2) is 6.71. The van der Waals surface area contributed by atoms with E-state index in [1.54, 1.807) is 24.4 Å². The molecule has 2 aromatic heterocycles. The summed E-state index contributed by atoms with van der Waals surface area (Å²) < 4.78 is 14.2. The maximum Gasteiger partial charge on any atom is 0.257 e. The molecule has 3 aromatic rings. The van der Waals surface area contributed by atoms with Gasteiger partial charge in [-0.2, -0.15) is 0 Å². The van der Waals surface area contributed by atoms with Crippen molar-refractivity contribution in [2.45, 2.75) is 19.8 Å². The van der Waals surface area contributed by atoms with Crippen LogP contribution in [-0.2, 0) is 0 Å². The number of fused-ring (bicyclic) bond motifs is 1. The van der Waals surface area contributed by atoms with E-state index in [0.717, 1.165) is 31.6 Å². The summed E-state index contributed by atoms with van der Waals surface area (Å²) in [5, 5.41) is 3.80. The molecule has 6 heteroatoms. The quantitative estimate of drug-likeness (QED) is 0.774. The molecule has 1 saturated heterocycles. The Kier molecular flexibility index (Phi) is 4.24. The van der Waals surface area contributed by atoms with Crippen LogP contribution in [0.4, 0.5) is 15.8 Å². The van der Waals surface area contributed by atoms with Crippen LogP contribution >= 0.6 is 0 Å². The Hall–Kier alpha value is -3.02. The van der Waals surface area contributed by atoms with Gasteiger partial charge in [-0.3, -0.25) is 4.79 Å². The normalized spacial score (nSPS) is 14.0. The van der Waals surface area contributed by atoms with Crippen LogP contribution in [0.15, 0.2) is 42.6 Å². The second-order valence-electron chi connectivity index (χ2n) is 6.47. The number of carbonyl (C=O) groups is 1. The standard InChI is InChI=1S/C20H19FN4O/c1-13-8-9-14-18(24-17-7-3-2-6-16(17)21)15(12-22-19(14)23-13)20(26)25-10-4-5-11-25/h2-3,6-9,12H,4-5,10-11H2,1H3,(H,22,23,24). The minimum atomic E-state index is -0.378. The highest BCUT2D eigenvalue weighted by atomic mass is 19.1. The molecular weight excluding hydrogens is 331 g/mol. The summed E-state index contributed by atoms with van der Waals surface area (Å²) in [6.45, 7) is 3.36. The zero-order valence-electron chi connectivity index (χ0n) is 14.5. The fourth-order valence-corrected chi connectivity index (χ4v) is 3.26. The Bertz CT molecular complexity index is 983. The number of nitrogens with zero attached hydrogens (tertiary/aromatic N) is 3. The summed E-state index contributed by atoms with van der Waals surface area (Å²) in [7, 11) is 0. The average molecular weight is 350 g/mol. The molecule has 132 valence electrons. The first-order valence-corrected chi connectivity index (χ1v) is 8.70. The van der Waals surface area contributed by atoms with Crippen molar-refractivity contribution < 1.29 is 9.18 Å². The largest absolute Gasteiger partial charge is 0.352 e. The molecule has 0 spiro atoms. The fourth-order valence-electron chi connectivity index (χ4n) is 3.26. The number of pyridine rings is 2. The van der Waals surface area contributed by atoms with Gasteiger partial charge in [-0.1, -0.05) is 12.1 Å². The molecular formula is C20H19FN4O. The molecule has 26 heavy (non-hydrogen) atoms. The zero-order chi connectivity index (χ0) is 18.1. The Morgan fingerprint density at radius 3 is 2.69 bits per heavy atom. The number of aryl methyl sites for hydroxylation is 1. The van der Waals surface area contributed by atoms with E-state index in [1.807, 2.05) is 24.0 Å². The van der Waals surface area contributed by atoms with Crippen LogP contribution in [0.2, 0.25) is 0 Å². The van der Waals surface area contributed by atoms with Crippen LogP contribution in [0, 0.1) is 12.7 Å². The number of rotatable bonds is 3. The molecule has 0 atom stereocenters. The first kappa shape index (κ1) is 16.4. The highest BCUT2D eigenvalue weighted by Gasteiger charge is 2.24. The molecule has 1 aromatic carbocycles. The highest BCUT2D eigenvalue weighted by Crippen LogP contribution is 2.31. The Morgan fingerprint density at radius 2 is 1.92 bits per heavy atom. The topological polar surface area (TPSA) is 58.1 Å². The number of amides is 1. The van der Waals surface area contributed by atoms with Gasteiger partial charge in [0, 0.05) is 30.4 Å². The third-order valence-electron chi connectivity index (χ3n) is 4.63. The monoisotopic (exact) mass is 350 g/mol. The van der Waals surface area contributed by atoms with Crippen LogP contribution < -0.4 is 5.32 Å². The number of aromatic nitrogens is 2. The van der Waals surface area contributed by atoms with Gasteiger partial charge in [-0.05, 0) is 44.0 Å². The summed E-state index contributed by atoms with van der Waals surface area (Å²) >= 11 is 0. The molecule has 1 aliphatic rings. The van der Waals surface area contributed by atoms with Crippen molar-refractivity contribution in [3.63, 3.8) is 0 Å². The van der Waals surface area contributed by atoms with Crippen molar-refractivity contribution >= 4 is 28.3 Å². The van der Waals surface area contributed by atoms with E-state index < -0.39 is 0 Å². The Labute approximate surface area is 150 Å². The van der Waals surface area contributed by atoms with Gasteiger partial charge >= 0.3 is 0 Å². The minimum Gasteiger partial charge on any atom is -0.352 e. The molecule has 3 heterocycles. The van der Waals surface area contributed by atoms with Crippen LogP contribution in [0.5, 0.6) is 0 Å². The number of hydrogen-bond acceptors (Lipinski definition) is 4. The summed E-state index contributed by atoms with van der Waals surface area (Å²) in [6, 6.07) is 10.1. The molecule has 0 bridgehead atoms. The SMILES string of the molecule is Cc1ccc2c(Nc3ccccc3F)c(C(=O)N3CCCC3)cnc2n1. The molecule has 1 fully saturated rings. The maximum absolute atomic E-state index is 14.2. The van der Waals surface area contributed by atoms with Crippen molar-refractivity contribution in [3.05, 3.63) is 59.7 Å². The van der Waals surface area contributed by atoms with Crippen LogP contribution in [0.25, 0.3) is 11.0 Å². The molecule has 0 unspecified atom stereocenters. The molecule has 1 aliphatic heterocycles. The molecule has 1 N–H and O–H groups in total. The van der Waals surface area contributed by atoms with Gasteiger partial charge in [0.05, 0.1) is 16.9 Å². The predicted molar refractivity (Wildman–Crippen MR) is 99.1 cm³/mol. The first-order valence-electron chi connectivity index (χ1n) is 8.70. The van der Waals surface area contributed by atoms with E-state index >= 15 is 0 Å². The lowest BCUT2D eigenvalue weighted by Gasteiger charge is -2.19. The number of likely N-dealkylation sites (tertiary alicyclic amines) is 1. The number of hydrogen-bond donors (Lipinski definition) is 1. The second-order valence-corrected chi connectivity index (χ2v) is 6.47. The minimum absolute atomic E-state index is 0.0867. The number of halogens is 1. The van der Waals surface area contributed by atoms with E-state index in [1.165, 1.54) is 6.07 Å². The van der Waals surface area contributed by atoms with E-state index in [0.29, 0.717) is 28.0 Å². The van der Waals surface area contributed by atoms with Crippen molar-refractivity contribution in [1.29, 1.82) is 0 Å². The van der Waals surface area contributed by atoms with E-state index in [4.69, 9.17) is 0 Å². The lowest BCUT2D eigenvalue weighted by Crippen LogP contribution is -2.28. The Balaban J connectivity index is 1.86. The van der Waals surface area contributed by atoms with E-state index in [-0.39, 0.29) is 11.7 Å². The Morgan fingerprint density at radius 1 is 1.15 bits per heavy atom. The molecule has 4 rings (SSSR count). The van der Waals surface area contributed by atoms with Crippen LogP contribution in [0.1, 0.15) is 28.9 Å². The van der Waals surface area contributed by atoms with Gasteiger partial charge in [-0.25, -0.2) is 14.4 Å². The third kappa shape index (κ3) is 2.98. The average Bonchev–Trinajstić information content (AvgIpc) is 3.17. The lowest BCUT2D eigenvalue weighted by molar-refractivity contribution is 0.0793. The molecule has 5 nitrogen and oxygen atoms in total. The highest BCUT2D eigenvalue weighted by molar-refractivity contribution is 6.07. The predicted octanol–water partition coefficient (Wildman–Crippen LogP) is 4.06. The van der Waals surface area contributed by atoms with E-state index in [2.05, 4.69) is 15.3 Å². The zero-order valence-corrected chi connectivity index (χ0v) is 14.5. The van der Waals surface area contributed by atoms with Crippen molar-refractivity contribution in [3.8, 4) is 0 Å². The van der Waals surface area contributed by atoms with Crippen molar-refractivity contribution in [2.75, 3.05) is 18.4 Å². The number of benzene rings is 1. The number of nitrogens with one attached hydrogen (secondary N) is 1. The molecule has 1 amide bonds. The summed E-state index contributed by atoms with van der Waals surface area (Å²) in [4.78, 5) is 23.6. The summed E-state index contributed by atoms with van der Waals surface area (Å²) in [5.74, 6) is -0.464. The summed E-state index contributed by atoms with van der Waals surface area (Å²) in [6.07, 6.45) is 3.55. The molecule has 0 aliphatic carbocycles. The molecule has 0 saturated carbocycles. The van der Waals surface area contributed by atoms with Gasteiger partial charge in [0.15, 0.2) is 5.65 Å².